The topological polar surface area (TPSA) is 83.8 Å². The second-order valence-corrected chi connectivity index (χ2v) is 7.55. The first-order chi connectivity index (χ1) is 14.8. The van der Waals surface area contributed by atoms with Crippen molar-refractivity contribution in [1.82, 2.24) is 15.6 Å². The van der Waals surface area contributed by atoms with E-state index in [0.29, 0.717) is 5.92 Å². The molecule has 0 bridgehead atoms. The number of aliphatic imine (C=N–C) groups is 1. The van der Waals surface area contributed by atoms with Gasteiger partial charge in [0.1, 0.15) is 11.5 Å². The summed E-state index contributed by atoms with van der Waals surface area (Å²) in [7, 11) is 1.71. The Hall–Kier alpha value is -2.20. The average Bonchev–Trinajstić information content (AvgIpc) is 3.53. The zero-order valence-corrected chi connectivity index (χ0v) is 20.2. The predicted octanol–water partition coefficient (Wildman–Crippen LogP) is 3.74. The number of H-pyrrole nitrogens is 1. The van der Waals surface area contributed by atoms with E-state index in [2.05, 4.69) is 27.9 Å². The highest BCUT2D eigenvalue weighted by Gasteiger charge is 2.15. The maximum atomic E-state index is 5.54. The average molecular weight is 538 g/mol. The van der Waals surface area contributed by atoms with E-state index >= 15 is 0 Å². The lowest BCUT2D eigenvalue weighted by Crippen LogP contribution is -2.39. The van der Waals surface area contributed by atoms with Crippen LogP contribution < -0.4 is 15.4 Å². The Morgan fingerprint density at radius 3 is 2.81 bits per heavy atom. The molecule has 0 radical (unpaired) electrons. The number of hydrogen-bond acceptors (Lipinski definition) is 4. The first-order valence-electron chi connectivity index (χ1n) is 10.6. The molecule has 1 aliphatic rings. The first kappa shape index (κ1) is 23.5. The summed E-state index contributed by atoms with van der Waals surface area (Å²) in [5, 5.41) is 8.05. The minimum absolute atomic E-state index is 0. The van der Waals surface area contributed by atoms with E-state index in [4.69, 9.17) is 18.9 Å². The van der Waals surface area contributed by atoms with Gasteiger partial charge in [-0.3, -0.25) is 4.99 Å². The lowest BCUT2D eigenvalue weighted by molar-refractivity contribution is 0.187. The van der Waals surface area contributed by atoms with Crippen LogP contribution in [0.15, 0.2) is 52.2 Å². The number of aromatic nitrogens is 1. The number of guanidine groups is 1. The predicted molar refractivity (Wildman–Crippen MR) is 134 cm³/mol. The third-order valence-electron chi connectivity index (χ3n) is 5.43. The van der Waals surface area contributed by atoms with E-state index in [1.807, 2.05) is 24.3 Å². The second kappa shape index (κ2) is 12.0. The molecule has 0 saturated carbocycles. The van der Waals surface area contributed by atoms with Crippen molar-refractivity contribution in [2.75, 3.05) is 40.0 Å². The fraction of sp³-hybridized carbons (Fsp3) is 0.435. The van der Waals surface area contributed by atoms with Crippen LogP contribution in [0.5, 0.6) is 5.75 Å². The number of benzene rings is 1. The molecule has 168 valence electrons. The van der Waals surface area contributed by atoms with Gasteiger partial charge >= 0.3 is 0 Å². The Morgan fingerprint density at radius 2 is 2.06 bits per heavy atom. The number of furan rings is 1. The van der Waals surface area contributed by atoms with Crippen molar-refractivity contribution in [2.45, 2.75) is 19.3 Å². The van der Waals surface area contributed by atoms with Crippen LogP contribution in [0.25, 0.3) is 10.9 Å². The fourth-order valence-electron chi connectivity index (χ4n) is 3.78. The van der Waals surface area contributed by atoms with Crippen molar-refractivity contribution in [3.05, 3.63) is 54.1 Å². The minimum Gasteiger partial charge on any atom is -0.496 e. The summed E-state index contributed by atoms with van der Waals surface area (Å²) in [6.45, 7) is 3.97. The van der Waals surface area contributed by atoms with Gasteiger partial charge in [0.2, 0.25) is 0 Å². The van der Waals surface area contributed by atoms with Crippen LogP contribution in [0.2, 0.25) is 0 Å². The van der Waals surface area contributed by atoms with Crippen molar-refractivity contribution in [2.24, 2.45) is 10.9 Å². The first-order valence-corrected chi connectivity index (χ1v) is 10.6. The Bertz CT molecular complexity index is 949. The molecule has 1 saturated heterocycles. The summed E-state index contributed by atoms with van der Waals surface area (Å²) in [4.78, 5) is 8.13. The lowest BCUT2D eigenvalue weighted by atomic mass is 10.1. The zero-order chi connectivity index (χ0) is 20.6. The largest absolute Gasteiger partial charge is 0.496 e. The molecule has 7 nitrogen and oxygen atoms in total. The standard InChI is InChI=1S/C23H30N4O3.HI/c1-28-21-6-2-5-20-22(21)18(15-26-20)7-10-24-23(27-14-17-9-13-29-16-17)25-11-8-19-4-3-12-30-19;/h2-6,12,15,17,26H,7-11,13-14,16H2,1H3,(H2,24,25,27);1H. The second-order valence-electron chi connectivity index (χ2n) is 7.55. The summed E-state index contributed by atoms with van der Waals surface area (Å²) in [5.41, 5.74) is 2.32. The van der Waals surface area contributed by atoms with Crippen LogP contribution in [0.3, 0.4) is 0 Å². The fourth-order valence-corrected chi connectivity index (χ4v) is 3.78. The molecule has 31 heavy (non-hydrogen) atoms. The van der Waals surface area contributed by atoms with Gasteiger partial charge in [-0.05, 0) is 42.7 Å². The van der Waals surface area contributed by atoms with Crippen LogP contribution in [0.1, 0.15) is 17.7 Å². The van der Waals surface area contributed by atoms with Gasteiger partial charge in [-0.15, -0.1) is 24.0 Å². The molecule has 1 atom stereocenters. The number of fused-ring (bicyclic) bond motifs is 1. The maximum Gasteiger partial charge on any atom is 0.191 e. The number of ether oxygens (including phenoxy) is 2. The highest BCUT2D eigenvalue weighted by Crippen LogP contribution is 2.28. The van der Waals surface area contributed by atoms with Crippen LogP contribution in [-0.2, 0) is 17.6 Å². The third kappa shape index (κ3) is 6.39. The summed E-state index contributed by atoms with van der Waals surface area (Å²) in [6, 6.07) is 9.98. The summed E-state index contributed by atoms with van der Waals surface area (Å²) < 4.78 is 16.4. The molecular weight excluding hydrogens is 507 g/mol. The van der Waals surface area contributed by atoms with Crippen LogP contribution in [0.4, 0.5) is 0 Å². The van der Waals surface area contributed by atoms with Crippen molar-refractivity contribution in [3.63, 3.8) is 0 Å². The van der Waals surface area contributed by atoms with Gasteiger partial charge in [0.15, 0.2) is 5.96 Å². The van der Waals surface area contributed by atoms with Gasteiger partial charge in [0.05, 0.1) is 20.0 Å². The van der Waals surface area contributed by atoms with Crippen LogP contribution >= 0.6 is 24.0 Å². The molecule has 1 aromatic carbocycles. The van der Waals surface area contributed by atoms with E-state index in [1.54, 1.807) is 13.4 Å². The quantitative estimate of drug-likeness (QED) is 0.220. The molecular formula is C23H31IN4O3. The molecule has 4 rings (SSSR count). The van der Waals surface area contributed by atoms with E-state index in [-0.39, 0.29) is 24.0 Å². The Morgan fingerprint density at radius 1 is 1.19 bits per heavy atom. The molecule has 1 fully saturated rings. The molecule has 3 heterocycles. The van der Waals surface area contributed by atoms with Crippen LogP contribution in [-0.4, -0.2) is 50.9 Å². The van der Waals surface area contributed by atoms with Crippen molar-refractivity contribution in [3.8, 4) is 5.75 Å². The van der Waals surface area contributed by atoms with E-state index in [0.717, 1.165) is 80.5 Å². The van der Waals surface area contributed by atoms with Gasteiger partial charge in [0.25, 0.3) is 0 Å². The van der Waals surface area contributed by atoms with Crippen molar-refractivity contribution >= 4 is 40.8 Å². The summed E-state index contributed by atoms with van der Waals surface area (Å²) in [5.74, 6) is 3.21. The van der Waals surface area contributed by atoms with E-state index < -0.39 is 0 Å². The van der Waals surface area contributed by atoms with Crippen molar-refractivity contribution < 1.29 is 13.9 Å². The smallest absolute Gasteiger partial charge is 0.191 e. The van der Waals surface area contributed by atoms with Crippen molar-refractivity contribution in [1.29, 1.82) is 0 Å². The van der Waals surface area contributed by atoms with E-state index in [1.165, 1.54) is 5.56 Å². The highest BCUT2D eigenvalue weighted by atomic mass is 127. The summed E-state index contributed by atoms with van der Waals surface area (Å²) in [6.07, 6.45) is 6.54. The number of halogens is 1. The van der Waals surface area contributed by atoms with Gasteiger partial charge in [-0.25, -0.2) is 0 Å². The maximum absolute atomic E-state index is 5.54. The van der Waals surface area contributed by atoms with Gasteiger partial charge < -0.3 is 29.5 Å². The molecule has 0 spiro atoms. The molecule has 3 N–H and O–H groups in total. The minimum atomic E-state index is 0. The molecule has 1 unspecified atom stereocenters. The van der Waals surface area contributed by atoms with Gasteiger partial charge in [0, 0.05) is 55.7 Å². The number of nitrogens with one attached hydrogen (secondary N) is 3. The summed E-state index contributed by atoms with van der Waals surface area (Å²) >= 11 is 0. The number of aromatic amines is 1. The highest BCUT2D eigenvalue weighted by molar-refractivity contribution is 14.0. The lowest BCUT2D eigenvalue weighted by Gasteiger charge is -2.13. The molecule has 0 amide bonds. The Kier molecular flexibility index (Phi) is 9.08. The Labute approximate surface area is 200 Å². The molecule has 0 aliphatic carbocycles. The number of methoxy groups -OCH3 is 1. The molecule has 3 aromatic rings. The third-order valence-corrected chi connectivity index (χ3v) is 5.43. The normalized spacial score (nSPS) is 16.3. The monoisotopic (exact) mass is 538 g/mol. The molecule has 2 aromatic heterocycles. The van der Waals surface area contributed by atoms with Gasteiger partial charge in [-0.2, -0.15) is 0 Å². The number of nitrogens with zero attached hydrogens (tertiary/aromatic N) is 1. The SMILES string of the molecule is COc1cccc2[nH]cc(CCNC(=NCC3CCOC3)NCCc3ccco3)c12.I. The van der Waals surface area contributed by atoms with E-state index in [9.17, 15) is 0 Å². The number of rotatable bonds is 9. The molecule has 8 heteroatoms. The Balaban J connectivity index is 0.00000272. The van der Waals surface area contributed by atoms with Crippen LogP contribution in [0, 0.1) is 5.92 Å². The number of hydrogen-bond donors (Lipinski definition) is 3. The van der Waals surface area contributed by atoms with Gasteiger partial charge in [-0.1, -0.05) is 6.07 Å². The molecule has 1 aliphatic heterocycles. The zero-order valence-electron chi connectivity index (χ0n) is 17.9.